The van der Waals surface area contributed by atoms with E-state index in [1.807, 2.05) is 6.07 Å². The van der Waals surface area contributed by atoms with E-state index in [0.29, 0.717) is 19.1 Å². The fourth-order valence-corrected chi connectivity index (χ4v) is 3.06. The molecule has 120 valence electrons. The molecule has 0 aliphatic carbocycles. The Bertz CT molecular complexity index is 737. The van der Waals surface area contributed by atoms with Gasteiger partial charge in [-0.15, -0.1) is 0 Å². The molecular weight excluding hydrogens is 290 g/mol. The van der Waals surface area contributed by atoms with Gasteiger partial charge in [-0.2, -0.15) is 0 Å². The van der Waals surface area contributed by atoms with Crippen LogP contribution >= 0.6 is 0 Å². The van der Waals surface area contributed by atoms with Crippen LogP contribution in [-0.2, 0) is 4.74 Å². The number of nitrogens with one attached hydrogen (secondary N) is 1. The molecule has 1 unspecified atom stereocenters. The van der Waals surface area contributed by atoms with Crippen LogP contribution in [0, 0.1) is 0 Å². The number of benzene rings is 2. The van der Waals surface area contributed by atoms with E-state index in [0.717, 1.165) is 6.54 Å². The second-order valence-electron chi connectivity index (χ2n) is 5.38. The molecule has 0 bridgehead atoms. The Balaban J connectivity index is 1.88. The summed E-state index contributed by atoms with van der Waals surface area (Å²) in [6, 6.07) is 14.8. The average molecular weight is 311 g/mol. The third-order valence-corrected chi connectivity index (χ3v) is 4.07. The number of likely N-dealkylation sites (N-methyl/N-ethyl adjacent to an activating group) is 1. The summed E-state index contributed by atoms with van der Waals surface area (Å²) in [6.07, 6.45) is -0.455. The molecule has 0 saturated carbocycles. The first-order valence-electron chi connectivity index (χ1n) is 7.97. The van der Waals surface area contributed by atoms with Gasteiger partial charge in [0.05, 0.1) is 19.2 Å². The molecule has 1 atom stereocenters. The van der Waals surface area contributed by atoms with Crippen LogP contribution < -0.4 is 5.32 Å². The number of hydrogen-bond donors (Lipinski definition) is 1. The number of carbonyl (C=O) groups is 1. The van der Waals surface area contributed by atoms with Crippen molar-refractivity contribution in [2.75, 3.05) is 19.7 Å². The van der Waals surface area contributed by atoms with Gasteiger partial charge in [0.15, 0.2) is 0 Å². The largest absolute Gasteiger partial charge is 0.450 e. The summed E-state index contributed by atoms with van der Waals surface area (Å²) in [6.45, 7) is 5.58. The highest BCUT2D eigenvalue weighted by molar-refractivity contribution is 5.96. The minimum atomic E-state index is -0.455. The van der Waals surface area contributed by atoms with E-state index in [4.69, 9.17) is 4.74 Å². The first-order valence-corrected chi connectivity index (χ1v) is 7.97. The van der Waals surface area contributed by atoms with Crippen LogP contribution in [0.15, 0.2) is 47.5 Å². The van der Waals surface area contributed by atoms with Gasteiger partial charge in [-0.1, -0.05) is 42.5 Å². The molecule has 0 spiro atoms. The molecule has 3 rings (SSSR count). The standard InChI is InChI=1S/C18H21N3O2/c1-3-21-16(12-19-17(21)20-18(22)23-4-2)15-11-7-9-13-8-5-6-10-14(13)15/h5-11,16H,3-4,12H2,1-2H3,(H,19,20,22). The quantitative estimate of drug-likeness (QED) is 0.946. The Kier molecular flexibility index (Phi) is 4.46. The minimum Gasteiger partial charge on any atom is -0.450 e. The smallest absolute Gasteiger partial charge is 0.413 e. The maximum absolute atomic E-state index is 11.7. The van der Waals surface area contributed by atoms with Gasteiger partial charge in [-0.25, -0.2) is 4.79 Å². The summed E-state index contributed by atoms with van der Waals surface area (Å²) < 4.78 is 4.95. The summed E-state index contributed by atoms with van der Waals surface area (Å²) >= 11 is 0. The van der Waals surface area contributed by atoms with Gasteiger partial charge in [-0.05, 0) is 30.2 Å². The minimum absolute atomic E-state index is 0.128. The van der Waals surface area contributed by atoms with E-state index >= 15 is 0 Å². The molecule has 2 aromatic rings. The molecule has 0 saturated heterocycles. The van der Waals surface area contributed by atoms with Crippen molar-refractivity contribution in [1.82, 2.24) is 10.2 Å². The van der Waals surface area contributed by atoms with Gasteiger partial charge >= 0.3 is 6.09 Å². The zero-order chi connectivity index (χ0) is 16.2. The van der Waals surface area contributed by atoms with Gasteiger partial charge in [-0.3, -0.25) is 10.3 Å². The van der Waals surface area contributed by atoms with Crippen LogP contribution in [0.4, 0.5) is 4.79 Å². The fourth-order valence-electron chi connectivity index (χ4n) is 3.06. The maximum atomic E-state index is 11.7. The highest BCUT2D eigenvalue weighted by Crippen LogP contribution is 2.31. The maximum Gasteiger partial charge on any atom is 0.413 e. The van der Waals surface area contributed by atoms with Crippen molar-refractivity contribution in [3.63, 3.8) is 0 Å². The second-order valence-corrected chi connectivity index (χ2v) is 5.38. The Morgan fingerprint density at radius 2 is 2.04 bits per heavy atom. The van der Waals surface area contributed by atoms with Crippen LogP contribution in [0.25, 0.3) is 10.8 Å². The highest BCUT2D eigenvalue weighted by Gasteiger charge is 2.30. The van der Waals surface area contributed by atoms with Gasteiger partial charge in [0.25, 0.3) is 0 Å². The van der Waals surface area contributed by atoms with Crippen molar-refractivity contribution in [2.45, 2.75) is 19.9 Å². The van der Waals surface area contributed by atoms with Crippen LogP contribution in [0.5, 0.6) is 0 Å². The number of fused-ring (bicyclic) bond motifs is 1. The van der Waals surface area contributed by atoms with Gasteiger partial charge in [0, 0.05) is 6.54 Å². The number of alkyl carbamates (subject to hydrolysis) is 1. The monoisotopic (exact) mass is 311 g/mol. The van der Waals surface area contributed by atoms with Crippen molar-refractivity contribution in [3.05, 3.63) is 48.0 Å². The number of carbonyl (C=O) groups excluding carboxylic acids is 1. The zero-order valence-corrected chi connectivity index (χ0v) is 13.5. The number of amides is 1. The summed E-state index contributed by atoms with van der Waals surface area (Å²) in [5.41, 5.74) is 1.23. The second kappa shape index (κ2) is 6.69. The number of ether oxygens (including phenoxy) is 1. The van der Waals surface area contributed by atoms with Crippen LogP contribution in [0.2, 0.25) is 0 Å². The number of guanidine groups is 1. The molecule has 1 N–H and O–H groups in total. The lowest BCUT2D eigenvalue weighted by Crippen LogP contribution is -2.42. The fraction of sp³-hybridized carbons (Fsp3) is 0.333. The summed E-state index contributed by atoms with van der Waals surface area (Å²) in [5.74, 6) is 0.587. The summed E-state index contributed by atoms with van der Waals surface area (Å²) in [5, 5.41) is 5.19. The Morgan fingerprint density at radius 1 is 1.26 bits per heavy atom. The van der Waals surface area contributed by atoms with Gasteiger partial charge in [0.2, 0.25) is 5.96 Å². The lowest BCUT2D eigenvalue weighted by atomic mass is 9.98. The van der Waals surface area contributed by atoms with E-state index in [9.17, 15) is 4.79 Å². The van der Waals surface area contributed by atoms with Crippen molar-refractivity contribution in [2.24, 2.45) is 4.99 Å². The predicted molar refractivity (Wildman–Crippen MR) is 91.5 cm³/mol. The topological polar surface area (TPSA) is 53.9 Å². The third kappa shape index (κ3) is 2.99. The molecule has 0 fully saturated rings. The molecule has 2 aromatic carbocycles. The van der Waals surface area contributed by atoms with Crippen molar-refractivity contribution in [1.29, 1.82) is 0 Å². The van der Waals surface area contributed by atoms with E-state index in [1.54, 1.807) is 6.92 Å². The van der Waals surface area contributed by atoms with Crippen LogP contribution in [-0.4, -0.2) is 36.6 Å². The molecule has 0 aromatic heterocycles. The summed E-state index contributed by atoms with van der Waals surface area (Å²) in [4.78, 5) is 18.3. The van der Waals surface area contributed by atoms with Crippen molar-refractivity contribution in [3.8, 4) is 0 Å². The normalized spacial score (nSPS) is 17.2. The molecule has 1 aliphatic rings. The number of rotatable bonds is 3. The first-order chi connectivity index (χ1) is 11.2. The molecule has 1 aliphatic heterocycles. The molecule has 0 radical (unpaired) electrons. The van der Waals surface area contributed by atoms with E-state index in [1.165, 1.54) is 16.3 Å². The SMILES string of the molecule is CCOC(=O)NC1=NCC(c2cccc3ccccc23)N1CC. The Hall–Kier alpha value is -2.56. The van der Waals surface area contributed by atoms with E-state index in [2.05, 4.69) is 58.5 Å². The molecule has 23 heavy (non-hydrogen) atoms. The summed E-state index contributed by atoms with van der Waals surface area (Å²) in [7, 11) is 0. The van der Waals surface area contributed by atoms with Crippen molar-refractivity contribution >= 4 is 22.8 Å². The lowest BCUT2D eigenvalue weighted by Gasteiger charge is -2.27. The van der Waals surface area contributed by atoms with Crippen molar-refractivity contribution < 1.29 is 9.53 Å². The van der Waals surface area contributed by atoms with E-state index in [-0.39, 0.29) is 6.04 Å². The zero-order valence-electron chi connectivity index (χ0n) is 13.5. The van der Waals surface area contributed by atoms with E-state index < -0.39 is 6.09 Å². The molecular formula is C18H21N3O2. The van der Waals surface area contributed by atoms with Gasteiger partial charge in [0.1, 0.15) is 0 Å². The van der Waals surface area contributed by atoms with Crippen LogP contribution in [0.3, 0.4) is 0 Å². The number of nitrogens with zero attached hydrogens (tertiary/aromatic N) is 2. The average Bonchev–Trinajstić information content (AvgIpc) is 2.96. The van der Waals surface area contributed by atoms with Gasteiger partial charge < -0.3 is 9.64 Å². The first kappa shape index (κ1) is 15.3. The Morgan fingerprint density at radius 3 is 2.83 bits per heavy atom. The highest BCUT2D eigenvalue weighted by atomic mass is 16.5. The predicted octanol–water partition coefficient (Wildman–Crippen LogP) is 3.32. The molecule has 1 heterocycles. The van der Waals surface area contributed by atoms with Crippen LogP contribution in [0.1, 0.15) is 25.5 Å². The number of aliphatic imine (C=N–C) groups is 1. The molecule has 5 nitrogen and oxygen atoms in total. The molecule has 5 heteroatoms. The number of hydrogen-bond acceptors (Lipinski definition) is 4. The lowest BCUT2D eigenvalue weighted by molar-refractivity contribution is 0.156. The third-order valence-electron chi connectivity index (χ3n) is 4.07. The Labute approximate surface area is 136 Å². The molecule has 1 amide bonds.